The van der Waals surface area contributed by atoms with Crippen molar-refractivity contribution in [3.63, 3.8) is 0 Å². The van der Waals surface area contributed by atoms with Gasteiger partial charge in [0.15, 0.2) is 0 Å². The molecule has 2 aliphatic rings. The third kappa shape index (κ3) is 2.68. The molecule has 112 valence electrons. The summed E-state index contributed by atoms with van der Waals surface area (Å²) in [6.07, 6.45) is 2.39. The molecule has 0 bridgehead atoms. The molecule has 2 rings (SSSR count). The van der Waals surface area contributed by atoms with Crippen LogP contribution in [0.4, 0.5) is 0 Å². The molecule has 0 radical (unpaired) electrons. The molecule has 0 aromatic rings. The molecule has 0 aromatic carbocycles. The molecule has 4 heteroatoms. The van der Waals surface area contributed by atoms with Crippen molar-refractivity contribution in [1.82, 2.24) is 0 Å². The standard InChI is InChI=1S/C15H28O4/c1-9-11-6-10(15(3,19)8-16)4-5-14(2,18)12(11)7-13(9)17/h9-13,16-19H,4-8H2,1-3H3/t9-,10-,11+,12-,13+,14-,15?/m1/s1. The van der Waals surface area contributed by atoms with Gasteiger partial charge in [0.05, 0.1) is 23.9 Å². The monoisotopic (exact) mass is 272 g/mol. The van der Waals surface area contributed by atoms with Crippen molar-refractivity contribution in [2.75, 3.05) is 6.61 Å². The first-order valence-corrected chi connectivity index (χ1v) is 7.42. The molecule has 0 saturated heterocycles. The summed E-state index contributed by atoms with van der Waals surface area (Å²) in [7, 11) is 0. The van der Waals surface area contributed by atoms with E-state index >= 15 is 0 Å². The maximum absolute atomic E-state index is 10.7. The highest BCUT2D eigenvalue weighted by Gasteiger charge is 2.52. The molecule has 4 N–H and O–H groups in total. The highest BCUT2D eigenvalue weighted by Crippen LogP contribution is 2.51. The lowest BCUT2D eigenvalue weighted by Crippen LogP contribution is -2.39. The Bertz CT molecular complexity index is 326. The molecule has 0 amide bonds. The van der Waals surface area contributed by atoms with Gasteiger partial charge in [0.2, 0.25) is 0 Å². The van der Waals surface area contributed by atoms with Gasteiger partial charge in [0.25, 0.3) is 0 Å². The van der Waals surface area contributed by atoms with E-state index in [2.05, 4.69) is 0 Å². The van der Waals surface area contributed by atoms with Crippen LogP contribution < -0.4 is 0 Å². The van der Waals surface area contributed by atoms with Crippen LogP contribution in [0.3, 0.4) is 0 Å². The zero-order chi connectivity index (χ0) is 14.4. The Hall–Kier alpha value is -0.160. The van der Waals surface area contributed by atoms with E-state index in [-0.39, 0.29) is 36.4 Å². The lowest BCUT2D eigenvalue weighted by molar-refractivity contribution is -0.0582. The highest BCUT2D eigenvalue weighted by molar-refractivity contribution is 5.02. The number of hydrogen-bond donors (Lipinski definition) is 4. The molecule has 0 spiro atoms. The first-order valence-electron chi connectivity index (χ1n) is 7.42. The average Bonchev–Trinajstić information content (AvgIpc) is 2.53. The Balaban J connectivity index is 2.25. The molecule has 0 aromatic heterocycles. The van der Waals surface area contributed by atoms with Crippen molar-refractivity contribution in [1.29, 1.82) is 0 Å². The summed E-state index contributed by atoms with van der Waals surface area (Å²) in [4.78, 5) is 0. The van der Waals surface area contributed by atoms with E-state index in [0.717, 1.165) is 12.8 Å². The Labute approximate surface area is 115 Å². The molecule has 7 atom stereocenters. The molecule has 19 heavy (non-hydrogen) atoms. The lowest BCUT2D eigenvalue weighted by Gasteiger charge is -2.34. The zero-order valence-electron chi connectivity index (χ0n) is 12.2. The summed E-state index contributed by atoms with van der Waals surface area (Å²) in [6, 6.07) is 0. The molecule has 2 fully saturated rings. The second kappa shape index (κ2) is 4.99. The quantitative estimate of drug-likeness (QED) is 0.602. The van der Waals surface area contributed by atoms with Crippen molar-refractivity contribution >= 4 is 0 Å². The molecule has 0 aliphatic heterocycles. The van der Waals surface area contributed by atoms with Crippen LogP contribution in [0.5, 0.6) is 0 Å². The van der Waals surface area contributed by atoms with Gasteiger partial charge in [-0.25, -0.2) is 0 Å². The van der Waals surface area contributed by atoms with E-state index in [1.807, 2.05) is 13.8 Å². The topological polar surface area (TPSA) is 80.9 Å². The van der Waals surface area contributed by atoms with Crippen molar-refractivity contribution < 1.29 is 20.4 Å². The van der Waals surface area contributed by atoms with Gasteiger partial charge in [-0.1, -0.05) is 6.92 Å². The Kier molecular flexibility index (Phi) is 4.00. The van der Waals surface area contributed by atoms with Crippen LogP contribution in [-0.2, 0) is 0 Å². The Morgan fingerprint density at radius 3 is 2.53 bits per heavy atom. The predicted molar refractivity (Wildman–Crippen MR) is 72.4 cm³/mol. The third-order valence-corrected chi connectivity index (χ3v) is 5.85. The summed E-state index contributed by atoms with van der Waals surface area (Å²) < 4.78 is 0. The van der Waals surface area contributed by atoms with Gasteiger partial charge < -0.3 is 20.4 Å². The Morgan fingerprint density at radius 2 is 1.95 bits per heavy atom. The minimum absolute atomic E-state index is 0.0216. The van der Waals surface area contributed by atoms with Crippen LogP contribution in [0.1, 0.15) is 46.5 Å². The van der Waals surface area contributed by atoms with E-state index in [9.17, 15) is 20.4 Å². The van der Waals surface area contributed by atoms with Crippen LogP contribution in [0.25, 0.3) is 0 Å². The maximum atomic E-state index is 10.7. The summed E-state index contributed by atoms with van der Waals surface area (Å²) in [5.74, 6) is 0.436. The van der Waals surface area contributed by atoms with Gasteiger partial charge in [-0.15, -0.1) is 0 Å². The van der Waals surface area contributed by atoms with Gasteiger partial charge in [-0.3, -0.25) is 0 Å². The van der Waals surface area contributed by atoms with Crippen LogP contribution in [0.15, 0.2) is 0 Å². The minimum Gasteiger partial charge on any atom is -0.393 e. The molecular formula is C15H28O4. The van der Waals surface area contributed by atoms with Gasteiger partial charge in [0.1, 0.15) is 0 Å². The minimum atomic E-state index is -1.10. The Morgan fingerprint density at radius 1 is 1.32 bits per heavy atom. The highest BCUT2D eigenvalue weighted by atomic mass is 16.3. The molecule has 2 aliphatic carbocycles. The van der Waals surface area contributed by atoms with E-state index in [1.165, 1.54) is 0 Å². The number of aliphatic hydroxyl groups excluding tert-OH is 2. The number of aliphatic hydroxyl groups is 4. The van der Waals surface area contributed by atoms with E-state index in [1.54, 1.807) is 6.92 Å². The smallest absolute Gasteiger partial charge is 0.0877 e. The van der Waals surface area contributed by atoms with Crippen molar-refractivity contribution in [2.24, 2.45) is 23.7 Å². The van der Waals surface area contributed by atoms with Crippen LogP contribution in [-0.4, -0.2) is 44.3 Å². The molecule has 1 unspecified atom stereocenters. The molecule has 4 nitrogen and oxygen atoms in total. The van der Waals surface area contributed by atoms with Crippen LogP contribution in [0, 0.1) is 23.7 Å². The van der Waals surface area contributed by atoms with Crippen molar-refractivity contribution in [3.8, 4) is 0 Å². The third-order valence-electron chi connectivity index (χ3n) is 5.85. The van der Waals surface area contributed by atoms with E-state index < -0.39 is 11.2 Å². The summed E-state index contributed by atoms with van der Waals surface area (Å²) >= 11 is 0. The van der Waals surface area contributed by atoms with Gasteiger partial charge in [0, 0.05) is 0 Å². The van der Waals surface area contributed by atoms with Crippen molar-refractivity contribution in [3.05, 3.63) is 0 Å². The fourth-order valence-electron chi connectivity index (χ4n) is 4.19. The average molecular weight is 272 g/mol. The number of hydrogen-bond acceptors (Lipinski definition) is 4. The summed E-state index contributed by atoms with van der Waals surface area (Å²) in [5.41, 5.74) is -1.88. The van der Waals surface area contributed by atoms with E-state index in [4.69, 9.17) is 0 Å². The second-order valence-electron chi connectivity index (χ2n) is 7.28. The van der Waals surface area contributed by atoms with Crippen molar-refractivity contribution in [2.45, 2.75) is 63.8 Å². The maximum Gasteiger partial charge on any atom is 0.0877 e. The van der Waals surface area contributed by atoms with Gasteiger partial charge in [-0.2, -0.15) is 0 Å². The van der Waals surface area contributed by atoms with Gasteiger partial charge in [-0.05, 0) is 63.2 Å². The fourth-order valence-corrected chi connectivity index (χ4v) is 4.19. The number of fused-ring (bicyclic) bond motifs is 1. The second-order valence-corrected chi connectivity index (χ2v) is 7.28. The van der Waals surface area contributed by atoms with E-state index in [0.29, 0.717) is 12.8 Å². The fraction of sp³-hybridized carbons (Fsp3) is 1.00. The largest absolute Gasteiger partial charge is 0.393 e. The lowest BCUT2D eigenvalue weighted by atomic mass is 9.76. The molecular weight excluding hydrogens is 244 g/mol. The predicted octanol–water partition coefficient (Wildman–Crippen LogP) is 0.914. The first-order chi connectivity index (χ1) is 8.69. The molecule has 2 saturated carbocycles. The normalized spacial score (nSPS) is 50.4. The van der Waals surface area contributed by atoms with Crippen LogP contribution >= 0.6 is 0 Å². The molecule has 0 heterocycles. The summed E-state index contributed by atoms with van der Waals surface area (Å²) in [6.45, 7) is 5.30. The zero-order valence-corrected chi connectivity index (χ0v) is 12.2. The number of rotatable bonds is 2. The first kappa shape index (κ1) is 15.2. The van der Waals surface area contributed by atoms with Crippen LogP contribution in [0.2, 0.25) is 0 Å². The summed E-state index contributed by atoms with van der Waals surface area (Å²) in [5, 5.41) is 40.4. The van der Waals surface area contributed by atoms with Gasteiger partial charge >= 0.3 is 0 Å². The SMILES string of the molecule is C[C@@H]1[C@@H]2C[C@H](C(C)(O)CO)CC[C@@](C)(O)[C@@H]2C[C@@H]1O.